The summed E-state index contributed by atoms with van der Waals surface area (Å²) in [5.41, 5.74) is 8.34. The Morgan fingerprint density at radius 3 is 2.14 bits per heavy atom. The van der Waals surface area contributed by atoms with Gasteiger partial charge in [0.05, 0.1) is 16.9 Å². The lowest BCUT2D eigenvalue weighted by Gasteiger charge is -2.20. The van der Waals surface area contributed by atoms with E-state index in [1.807, 2.05) is 30.6 Å². The Bertz CT molecular complexity index is 2210. The fourth-order valence-electron chi connectivity index (χ4n) is 5.83. The second-order valence-electron chi connectivity index (χ2n) is 10.8. The number of para-hydroxylation sites is 1. The van der Waals surface area contributed by atoms with Crippen molar-refractivity contribution in [3.63, 3.8) is 0 Å². The largest absolute Gasteiger partial charge is 0.368 e. The van der Waals surface area contributed by atoms with Gasteiger partial charge >= 0.3 is 0 Å². The highest BCUT2D eigenvalue weighted by molar-refractivity contribution is 5.91. The van der Waals surface area contributed by atoms with Gasteiger partial charge in [-0.25, -0.2) is 9.97 Å². The van der Waals surface area contributed by atoms with Crippen molar-refractivity contribution >= 4 is 38.5 Å². The van der Waals surface area contributed by atoms with E-state index in [1.54, 1.807) is 0 Å². The lowest BCUT2D eigenvalue weighted by Crippen LogP contribution is -2.16. The molecule has 8 rings (SSSR count). The van der Waals surface area contributed by atoms with Crippen molar-refractivity contribution in [2.24, 2.45) is 0 Å². The minimum absolute atomic E-state index is 0.00511. The first-order valence-corrected chi connectivity index (χ1v) is 14.5. The van der Waals surface area contributed by atoms with Crippen molar-refractivity contribution in [3.8, 4) is 22.6 Å². The number of pyridine rings is 1. The first-order chi connectivity index (χ1) is 21.3. The SMILES string of the molecule is c1ccc(C(CNc2nc(-c3ccc4[nH]ccc4c3)nc3ccccc23)c2cccc(-c3ccc4[nH]ccc4c3)n2)cc1. The lowest BCUT2D eigenvalue weighted by atomic mass is 9.94. The molecule has 4 heterocycles. The van der Waals surface area contributed by atoms with E-state index >= 15 is 0 Å². The van der Waals surface area contributed by atoms with Crippen LogP contribution in [0.4, 0.5) is 5.82 Å². The van der Waals surface area contributed by atoms with E-state index in [0.717, 1.165) is 55.7 Å². The van der Waals surface area contributed by atoms with Crippen LogP contribution in [0.15, 0.2) is 134 Å². The molecule has 0 saturated heterocycles. The monoisotopic (exact) mass is 556 g/mol. The van der Waals surface area contributed by atoms with Gasteiger partial charge in [-0.05, 0) is 72.3 Å². The third-order valence-corrected chi connectivity index (χ3v) is 8.07. The van der Waals surface area contributed by atoms with Crippen LogP contribution in [0.2, 0.25) is 0 Å². The van der Waals surface area contributed by atoms with Gasteiger partial charge in [0.25, 0.3) is 0 Å². The fourth-order valence-corrected chi connectivity index (χ4v) is 5.83. The molecule has 0 spiro atoms. The first-order valence-electron chi connectivity index (χ1n) is 14.5. The average molecular weight is 557 g/mol. The number of fused-ring (bicyclic) bond motifs is 3. The number of rotatable bonds is 7. The average Bonchev–Trinajstić information content (AvgIpc) is 3.74. The number of benzene rings is 4. The number of aromatic nitrogens is 5. The standard InChI is InChI=1S/C37H28N6/c1-2-7-24(8-3-1)30(35-12-6-11-33(41-35)25-13-15-31-26(21-25)17-19-38-31)23-40-37-29-9-4-5-10-34(29)42-36(43-37)28-14-16-32-27(22-28)18-20-39-32/h1-22,30,38-39H,23H2,(H,40,42,43). The van der Waals surface area contributed by atoms with Crippen LogP contribution in [-0.2, 0) is 0 Å². The van der Waals surface area contributed by atoms with Gasteiger partial charge in [0.15, 0.2) is 5.82 Å². The Hall–Kier alpha value is -5.75. The van der Waals surface area contributed by atoms with Crippen LogP contribution in [0.1, 0.15) is 17.2 Å². The Labute approximate surface area is 248 Å². The summed E-state index contributed by atoms with van der Waals surface area (Å²) in [6.07, 6.45) is 3.92. The zero-order valence-corrected chi connectivity index (χ0v) is 23.3. The van der Waals surface area contributed by atoms with Gasteiger partial charge in [-0.15, -0.1) is 0 Å². The highest BCUT2D eigenvalue weighted by Gasteiger charge is 2.18. The molecule has 8 aromatic rings. The molecule has 0 bridgehead atoms. The van der Waals surface area contributed by atoms with E-state index in [1.165, 1.54) is 10.9 Å². The molecule has 6 heteroatoms. The van der Waals surface area contributed by atoms with Crippen molar-refractivity contribution < 1.29 is 0 Å². The summed E-state index contributed by atoms with van der Waals surface area (Å²) in [5, 5.41) is 7.00. The molecule has 3 N–H and O–H groups in total. The Morgan fingerprint density at radius 1 is 0.605 bits per heavy atom. The third kappa shape index (κ3) is 4.79. The van der Waals surface area contributed by atoms with Gasteiger partial charge in [0, 0.05) is 63.2 Å². The molecule has 0 amide bonds. The number of aromatic amines is 2. The molecule has 0 aliphatic rings. The highest BCUT2D eigenvalue weighted by atomic mass is 15.0. The predicted molar refractivity (Wildman–Crippen MR) is 175 cm³/mol. The van der Waals surface area contributed by atoms with Gasteiger partial charge in [0.1, 0.15) is 5.82 Å². The van der Waals surface area contributed by atoms with E-state index in [2.05, 4.69) is 118 Å². The number of hydrogen-bond acceptors (Lipinski definition) is 4. The highest BCUT2D eigenvalue weighted by Crippen LogP contribution is 2.31. The molecule has 1 unspecified atom stereocenters. The maximum atomic E-state index is 5.19. The van der Waals surface area contributed by atoms with Gasteiger partial charge in [-0.2, -0.15) is 0 Å². The number of hydrogen-bond donors (Lipinski definition) is 3. The summed E-state index contributed by atoms with van der Waals surface area (Å²) in [5.74, 6) is 1.51. The smallest absolute Gasteiger partial charge is 0.162 e. The topological polar surface area (TPSA) is 82.3 Å². The molecule has 6 nitrogen and oxygen atoms in total. The summed E-state index contributed by atoms with van der Waals surface area (Å²) in [6.45, 7) is 0.620. The summed E-state index contributed by atoms with van der Waals surface area (Å²) in [6, 6.07) is 41.9. The van der Waals surface area contributed by atoms with E-state index in [0.29, 0.717) is 12.4 Å². The molecule has 206 valence electrons. The molecule has 0 aliphatic heterocycles. The van der Waals surface area contributed by atoms with Gasteiger partial charge < -0.3 is 15.3 Å². The molecule has 43 heavy (non-hydrogen) atoms. The predicted octanol–water partition coefficient (Wildman–Crippen LogP) is 8.57. The van der Waals surface area contributed by atoms with Crippen LogP contribution in [0, 0.1) is 0 Å². The summed E-state index contributed by atoms with van der Waals surface area (Å²) in [4.78, 5) is 21.7. The fraction of sp³-hybridized carbons (Fsp3) is 0.0541. The molecule has 0 radical (unpaired) electrons. The minimum Gasteiger partial charge on any atom is -0.368 e. The zero-order chi connectivity index (χ0) is 28.6. The molecule has 4 aromatic heterocycles. The molecule has 0 saturated carbocycles. The number of H-pyrrole nitrogens is 2. The van der Waals surface area contributed by atoms with Crippen LogP contribution < -0.4 is 5.32 Å². The number of anilines is 1. The van der Waals surface area contributed by atoms with Crippen molar-refractivity contribution in [2.75, 3.05) is 11.9 Å². The Morgan fingerprint density at radius 2 is 1.33 bits per heavy atom. The van der Waals surface area contributed by atoms with Gasteiger partial charge in [-0.3, -0.25) is 4.98 Å². The van der Waals surface area contributed by atoms with Gasteiger partial charge in [0.2, 0.25) is 0 Å². The normalized spacial score (nSPS) is 12.2. The van der Waals surface area contributed by atoms with E-state index in [-0.39, 0.29) is 5.92 Å². The van der Waals surface area contributed by atoms with Crippen LogP contribution >= 0.6 is 0 Å². The number of nitrogens with one attached hydrogen (secondary N) is 3. The third-order valence-electron chi connectivity index (χ3n) is 8.07. The van der Waals surface area contributed by atoms with Crippen LogP contribution in [0.5, 0.6) is 0 Å². The lowest BCUT2D eigenvalue weighted by molar-refractivity contribution is 0.815. The quantitative estimate of drug-likeness (QED) is 0.184. The van der Waals surface area contributed by atoms with Gasteiger partial charge in [-0.1, -0.05) is 54.6 Å². The molecule has 4 aromatic carbocycles. The van der Waals surface area contributed by atoms with Crippen LogP contribution in [-0.4, -0.2) is 31.5 Å². The molecule has 1 atom stereocenters. The second-order valence-corrected chi connectivity index (χ2v) is 10.8. The zero-order valence-electron chi connectivity index (χ0n) is 23.3. The maximum absolute atomic E-state index is 5.19. The molecular formula is C37H28N6. The summed E-state index contributed by atoms with van der Waals surface area (Å²) < 4.78 is 0. The maximum Gasteiger partial charge on any atom is 0.162 e. The van der Waals surface area contributed by atoms with Crippen molar-refractivity contribution in [1.82, 2.24) is 24.9 Å². The summed E-state index contributed by atoms with van der Waals surface area (Å²) in [7, 11) is 0. The molecule has 0 fully saturated rings. The van der Waals surface area contributed by atoms with E-state index in [9.17, 15) is 0 Å². The van der Waals surface area contributed by atoms with E-state index < -0.39 is 0 Å². The van der Waals surface area contributed by atoms with Crippen molar-refractivity contribution in [2.45, 2.75) is 5.92 Å². The van der Waals surface area contributed by atoms with Crippen LogP contribution in [0.3, 0.4) is 0 Å². The second kappa shape index (κ2) is 10.6. The minimum atomic E-state index is 0.00511. The van der Waals surface area contributed by atoms with Crippen LogP contribution in [0.25, 0.3) is 55.4 Å². The molecular weight excluding hydrogens is 528 g/mol. The number of nitrogens with zero attached hydrogens (tertiary/aromatic N) is 3. The first kappa shape index (κ1) is 25.0. The van der Waals surface area contributed by atoms with Crippen molar-refractivity contribution in [1.29, 1.82) is 0 Å². The van der Waals surface area contributed by atoms with E-state index in [4.69, 9.17) is 15.0 Å². The summed E-state index contributed by atoms with van der Waals surface area (Å²) >= 11 is 0. The Balaban J connectivity index is 1.17. The van der Waals surface area contributed by atoms with Crippen molar-refractivity contribution in [3.05, 3.63) is 145 Å². The Kier molecular flexibility index (Phi) is 6.15. The molecule has 0 aliphatic carbocycles.